The van der Waals surface area contributed by atoms with Crippen LogP contribution >= 0.6 is 11.3 Å². The van der Waals surface area contributed by atoms with Gasteiger partial charge in [-0.2, -0.15) is 0 Å². The van der Waals surface area contributed by atoms with Crippen molar-refractivity contribution in [2.45, 2.75) is 45.3 Å². The zero-order valence-corrected chi connectivity index (χ0v) is 15.1. The lowest BCUT2D eigenvalue weighted by Crippen LogP contribution is -2.81. The van der Waals surface area contributed by atoms with Crippen LogP contribution in [0.1, 0.15) is 32.3 Å². The highest BCUT2D eigenvalue weighted by Gasteiger charge is 2.70. The van der Waals surface area contributed by atoms with Gasteiger partial charge in [0.1, 0.15) is 5.54 Å². The number of ether oxygens (including phenoxy) is 1. The molecule has 2 heterocycles. The lowest BCUT2D eigenvalue weighted by atomic mass is 9.46. The number of aromatic nitrogens is 1. The second-order valence-electron chi connectivity index (χ2n) is 7.58. The van der Waals surface area contributed by atoms with Crippen LogP contribution in [0.25, 0.3) is 10.2 Å². The van der Waals surface area contributed by atoms with Crippen molar-refractivity contribution >= 4 is 32.6 Å². The third-order valence-corrected chi connectivity index (χ3v) is 6.76. The van der Waals surface area contributed by atoms with Crippen LogP contribution in [0.15, 0.2) is 18.2 Å². The number of nitrogens with zero attached hydrogens (tertiary/aromatic N) is 1. The molecule has 1 aromatic carbocycles. The lowest BCUT2D eigenvalue weighted by Gasteiger charge is -2.64. The quantitative estimate of drug-likeness (QED) is 0.877. The van der Waals surface area contributed by atoms with Crippen LogP contribution in [0, 0.1) is 18.3 Å². The molecule has 128 valence electrons. The highest BCUT2D eigenvalue weighted by molar-refractivity contribution is 7.22. The number of hydrogen-bond donors (Lipinski definition) is 2. The van der Waals surface area contributed by atoms with Crippen molar-refractivity contribution in [1.29, 1.82) is 0 Å². The van der Waals surface area contributed by atoms with E-state index in [0.29, 0.717) is 5.13 Å². The first-order valence-corrected chi connectivity index (χ1v) is 9.25. The van der Waals surface area contributed by atoms with Crippen molar-refractivity contribution in [2.24, 2.45) is 17.1 Å². The first-order chi connectivity index (χ1) is 11.3. The van der Waals surface area contributed by atoms with Gasteiger partial charge in [-0.25, -0.2) is 4.98 Å². The predicted molar refractivity (Wildman–Crippen MR) is 96.2 cm³/mol. The number of rotatable bonds is 2. The van der Waals surface area contributed by atoms with E-state index in [9.17, 15) is 4.79 Å². The Labute approximate surface area is 145 Å². The number of thiazole rings is 1. The monoisotopic (exact) mass is 345 g/mol. The van der Waals surface area contributed by atoms with E-state index >= 15 is 0 Å². The summed E-state index contributed by atoms with van der Waals surface area (Å²) in [6, 6.07) is 6.09. The lowest BCUT2D eigenvalue weighted by molar-refractivity contribution is -0.222. The van der Waals surface area contributed by atoms with Crippen LogP contribution in [-0.4, -0.2) is 29.1 Å². The van der Waals surface area contributed by atoms with Gasteiger partial charge in [0.05, 0.1) is 16.3 Å². The van der Waals surface area contributed by atoms with Gasteiger partial charge in [-0.15, -0.1) is 0 Å². The van der Waals surface area contributed by atoms with Gasteiger partial charge < -0.3 is 15.8 Å². The van der Waals surface area contributed by atoms with Crippen LogP contribution in [-0.2, 0) is 9.53 Å². The zero-order valence-electron chi connectivity index (χ0n) is 14.3. The molecule has 24 heavy (non-hydrogen) atoms. The number of anilines is 1. The van der Waals surface area contributed by atoms with E-state index in [0.717, 1.165) is 29.7 Å². The van der Waals surface area contributed by atoms with Crippen LogP contribution < -0.4 is 11.1 Å². The Morgan fingerprint density at radius 1 is 1.46 bits per heavy atom. The second kappa shape index (κ2) is 5.25. The van der Waals surface area contributed by atoms with Gasteiger partial charge in [0.2, 0.25) is 5.91 Å². The normalized spacial score (nSPS) is 31.3. The van der Waals surface area contributed by atoms with Gasteiger partial charge in [-0.3, -0.25) is 4.79 Å². The highest BCUT2D eigenvalue weighted by Crippen LogP contribution is 2.57. The average Bonchev–Trinajstić information content (AvgIpc) is 2.95. The number of amides is 1. The SMILES string of the molecule is Cc1ccc2nc(NC(=O)C3(N)C4CCCOC4C3(C)C)sc2c1. The van der Waals surface area contributed by atoms with E-state index in [1.165, 1.54) is 16.9 Å². The van der Waals surface area contributed by atoms with Crippen molar-refractivity contribution < 1.29 is 9.53 Å². The Bertz CT molecular complexity index is 816. The van der Waals surface area contributed by atoms with Crippen molar-refractivity contribution in [2.75, 3.05) is 11.9 Å². The third kappa shape index (κ3) is 2.06. The Morgan fingerprint density at radius 3 is 3.04 bits per heavy atom. The standard InChI is InChI=1S/C18H23N3O2S/c1-10-6-7-12-13(9-10)24-16(20-12)21-15(22)18(19)11-5-4-8-23-14(11)17(18,2)3/h6-7,9,11,14H,4-5,8,19H2,1-3H3,(H,20,21,22). The second-order valence-corrected chi connectivity index (χ2v) is 8.61. The molecule has 2 aromatic rings. The van der Waals surface area contributed by atoms with E-state index in [-0.39, 0.29) is 23.3 Å². The topological polar surface area (TPSA) is 77.2 Å². The van der Waals surface area contributed by atoms with Gasteiger partial charge in [0.15, 0.2) is 5.13 Å². The zero-order chi connectivity index (χ0) is 17.1. The van der Waals surface area contributed by atoms with E-state index in [1.807, 2.05) is 32.9 Å². The molecular formula is C18H23N3O2S. The molecule has 3 unspecified atom stereocenters. The number of carbonyl (C=O) groups excluding carboxylic acids is 1. The largest absolute Gasteiger partial charge is 0.377 e. The fourth-order valence-electron chi connectivity index (χ4n) is 4.32. The molecule has 2 aliphatic rings. The van der Waals surface area contributed by atoms with Crippen molar-refractivity contribution in [3.05, 3.63) is 23.8 Å². The summed E-state index contributed by atoms with van der Waals surface area (Å²) in [5.41, 5.74) is 7.42. The van der Waals surface area contributed by atoms with Crippen LogP contribution in [0.2, 0.25) is 0 Å². The number of carbonyl (C=O) groups is 1. The van der Waals surface area contributed by atoms with E-state index in [1.54, 1.807) is 0 Å². The van der Waals surface area contributed by atoms with Crippen LogP contribution in [0.4, 0.5) is 5.13 Å². The summed E-state index contributed by atoms with van der Waals surface area (Å²) in [5, 5.41) is 3.58. The summed E-state index contributed by atoms with van der Waals surface area (Å²) in [6.45, 7) is 6.87. The Hall–Kier alpha value is -1.50. The number of benzene rings is 1. The molecule has 0 bridgehead atoms. The summed E-state index contributed by atoms with van der Waals surface area (Å²) in [6.07, 6.45) is 1.97. The van der Waals surface area contributed by atoms with Crippen molar-refractivity contribution in [3.8, 4) is 0 Å². The smallest absolute Gasteiger partial charge is 0.247 e. The number of nitrogens with two attached hydrogens (primary N) is 1. The van der Waals surface area contributed by atoms with E-state index < -0.39 is 5.54 Å². The number of nitrogens with one attached hydrogen (secondary N) is 1. The first-order valence-electron chi connectivity index (χ1n) is 8.43. The average molecular weight is 345 g/mol. The molecule has 1 aliphatic carbocycles. The molecule has 3 N–H and O–H groups in total. The maximum absolute atomic E-state index is 13.0. The van der Waals surface area contributed by atoms with E-state index in [4.69, 9.17) is 10.5 Å². The summed E-state index contributed by atoms with van der Waals surface area (Å²) < 4.78 is 6.95. The number of aryl methyl sites for hydroxylation is 1. The Balaban J connectivity index is 1.60. The minimum Gasteiger partial charge on any atom is -0.377 e. The molecule has 4 rings (SSSR count). The molecule has 0 radical (unpaired) electrons. The van der Waals surface area contributed by atoms with E-state index in [2.05, 4.69) is 16.4 Å². The fraction of sp³-hybridized carbons (Fsp3) is 0.556. The summed E-state index contributed by atoms with van der Waals surface area (Å²) in [7, 11) is 0. The maximum atomic E-state index is 13.0. The molecule has 1 aromatic heterocycles. The van der Waals surface area contributed by atoms with Gasteiger partial charge in [0, 0.05) is 17.9 Å². The van der Waals surface area contributed by atoms with Gasteiger partial charge in [-0.1, -0.05) is 31.3 Å². The molecule has 2 fully saturated rings. The highest BCUT2D eigenvalue weighted by atomic mass is 32.1. The maximum Gasteiger partial charge on any atom is 0.247 e. The summed E-state index contributed by atoms with van der Waals surface area (Å²) >= 11 is 1.49. The Morgan fingerprint density at radius 2 is 2.25 bits per heavy atom. The molecule has 3 atom stereocenters. The molecule has 1 aliphatic heterocycles. The number of fused-ring (bicyclic) bond motifs is 2. The van der Waals surface area contributed by atoms with Crippen LogP contribution in [0.3, 0.4) is 0 Å². The minimum absolute atomic E-state index is 0.0695. The first kappa shape index (κ1) is 16.0. The summed E-state index contributed by atoms with van der Waals surface area (Å²) in [5.74, 6) is -0.0621. The summed E-state index contributed by atoms with van der Waals surface area (Å²) in [4.78, 5) is 17.5. The van der Waals surface area contributed by atoms with Crippen molar-refractivity contribution in [3.63, 3.8) is 0 Å². The number of hydrogen-bond acceptors (Lipinski definition) is 5. The molecule has 1 amide bonds. The molecular weight excluding hydrogens is 322 g/mol. The molecule has 5 nitrogen and oxygen atoms in total. The Kier molecular flexibility index (Phi) is 3.50. The van der Waals surface area contributed by atoms with Crippen LogP contribution in [0.5, 0.6) is 0 Å². The van der Waals surface area contributed by atoms with Gasteiger partial charge in [-0.05, 0) is 37.5 Å². The molecule has 0 spiro atoms. The fourth-order valence-corrected chi connectivity index (χ4v) is 5.28. The predicted octanol–water partition coefficient (Wildman–Crippen LogP) is 3.08. The van der Waals surface area contributed by atoms with Crippen molar-refractivity contribution in [1.82, 2.24) is 4.98 Å². The third-order valence-electron chi connectivity index (χ3n) is 5.82. The molecule has 6 heteroatoms. The molecule has 1 saturated heterocycles. The van der Waals surface area contributed by atoms with Gasteiger partial charge in [0.25, 0.3) is 0 Å². The molecule has 1 saturated carbocycles. The minimum atomic E-state index is -0.911. The van der Waals surface area contributed by atoms with Gasteiger partial charge >= 0.3 is 0 Å².